The van der Waals surface area contributed by atoms with Gasteiger partial charge in [0.25, 0.3) is 0 Å². The summed E-state index contributed by atoms with van der Waals surface area (Å²) >= 11 is 0. The van der Waals surface area contributed by atoms with Crippen molar-refractivity contribution in [3.63, 3.8) is 0 Å². The van der Waals surface area contributed by atoms with Crippen LogP contribution in [0.5, 0.6) is 0 Å². The minimum atomic E-state index is 0.467. The van der Waals surface area contributed by atoms with Gasteiger partial charge in [0, 0.05) is 25.2 Å². The van der Waals surface area contributed by atoms with Crippen LogP contribution in [-0.2, 0) is 6.54 Å². The molecule has 0 amide bonds. The van der Waals surface area contributed by atoms with E-state index in [0.717, 1.165) is 30.3 Å². The molecule has 0 spiro atoms. The lowest BCUT2D eigenvalue weighted by Gasteiger charge is -2.30. The fraction of sp³-hybridized carbons (Fsp3) is 0.588. The average molecular weight is 269 g/mol. The standard InChI is InChI=1S/C17H23N3/c1-12(2)19-10-13-4-6-17(15(7-13)9-18)20-11-14-3-5-16(20)8-14/h4,6-7,12,14,16,19H,3,5,8,10-11H2,1-2H3. The fourth-order valence-electron chi connectivity index (χ4n) is 3.57. The lowest BCUT2D eigenvalue weighted by atomic mass is 10.0. The Morgan fingerprint density at radius 1 is 1.40 bits per heavy atom. The monoisotopic (exact) mass is 269 g/mol. The molecule has 1 aromatic rings. The smallest absolute Gasteiger partial charge is 0.101 e. The topological polar surface area (TPSA) is 39.1 Å². The second-order valence-corrected chi connectivity index (χ2v) is 6.48. The van der Waals surface area contributed by atoms with Gasteiger partial charge in [-0.1, -0.05) is 19.9 Å². The lowest BCUT2D eigenvalue weighted by Crippen LogP contribution is -2.32. The Morgan fingerprint density at radius 2 is 2.25 bits per heavy atom. The lowest BCUT2D eigenvalue weighted by molar-refractivity contribution is 0.553. The molecule has 1 saturated heterocycles. The van der Waals surface area contributed by atoms with Crippen LogP contribution in [0.2, 0.25) is 0 Å². The first-order chi connectivity index (χ1) is 9.67. The Hall–Kier alpha value is -1.53. The number of anilines is 1. The van der Waals surface area contributed by atoms with E-state index in [1.165, 1.54) is 24.8 Å². The van der Waals surface area contributed by atoms with Crippen molar-refractivity contribution >= 4 is 5.69 Å². The van der Waals surface area contributed by atoms with Gasteiger partial charge in [-0.15, -0.1) is 0 Å². The number of piperidine rings is 1. The number of nitriles is 1. The number of nitrogens with zero attached hydrogens (tertiary/aromatic N) is 2. The van der Waals surface area contributed by atoms with Crippen LogP contribution in [0.25, 0.3) is 0 Å². The van der Waals surface area contributed by atoms with Gasteiger partial charge in [-0.3, -0.25) is 0 Å². The number of fused-ring (bicyclic) bond motifs is 2. The third kappa shape index (κ3) is 2.53. The predicted octanol–water partition coefficient (Wildman–Crippen LogP) is 3.04. The maximum Gasteiger partial charge on any atom is 0.101 e. The quantitative estimate of drug-likeness (QED) is 0.913. The summed E-state index contributed by atoms with van der Waals surface area (Å²) in [5.41, 5.74) is 3.18. The van der Waals surface area contributed by atoms with Crippen LogP contribution >= 0.6 is 0 Å². The molecule has 1 aliphatic heterocycles. The predicted molar refractivity (Wildman–Crippen MR) is 81.6 cm³/mol. The summed E-state index contributed by atoms with van der Waals surface area (Å²) in [4.78, 5) is 2.46. The summed E-state index contributed by atoms with van der Waals surface area (Å²) in [6, 6.07) is 9.90. The summed E-state index contributed by atoms with van der Waals surface area (Å²) in [6.45, 7) is 6.25. The number of nitrogens with one attached hydrogen (secondary N) is 1. The third-order valence-corrected chi connectivity index (χ3v) is 4.61. The van der Waals surface area contributed by atoms with Crippen LogP contribution in [0, 0.1) is 17.2 Å². The summed E-state index contributed by atoms with van der Waals surface area (Å²) in [5, 5.41) is 12.9. The number of hydrogen-bond acceptors (Lipinski definition) is 3. The zero-order valence-electron chi connectivity index (χ0n) is 12.4. The molecular weight excluding hydrogens is 246 g/mol. The summed E-state index contributed by atoms with van der Waals surface area (Å²) < 4.78 is 0. The van der Waals surface area contributed by atoms with Crippen LogP contribution < -0.4 is 10.2 Å². The van der Waals surface area contributed by atoms with Crippen LogP contribution in [-0.4, -0.2) is 18.6 Å². The van der Waals surface area contributed by atoms with Gasteiger partial charge in [0.15, 0.2) is 0 Å². The molecule has 1 N–H and O–H groups in total. The maximum absolute atomic E-state index is 9.45. The largest absolute Gasteiger partial charge is 0.367 e. The zero-order chi connectivity index (χ0) is 14.1. The van der Waals surface area contributed by atoms with E-state index < -0.39 is 0 Å². The van der Waals surface area contributed by atoms with E-state index in [1.54, 1.807) is 0 Å². The molecule has 1 aromatic carbocycles. The second-order valence-electron chi connectivity index (χ2n) is 6.48. The van der Waals surface area contributed by atoms with Crippen LogP contribution in [0.3, 0.4) is 0 Å². The molecule has 2 bridgehead atoms. The first-order valence-corrected chi connectivity index (χ1v) is 7.70. The molecule has 2 fully saturated rings. The van der Waals surface area contributed by atoms with Gasteiger partial charge in [-0.05, 0) is 42.9 Å². The molecule has 2 atom stereocenters. The van der Waals surface area contributed by atoms with Crippen LogP contribution in [0.1, 0.15) is 44.2 Å². The Labute approximate surface area is 121 Å². The molecule has 2 aliphatic rings. The molecule has 106 valence electrons. The van der Waals surface area contributed by atoms with Crippen molar-refractivity contribution < 1.29 is 0 Å². The van der Waals surface area contributed by atoms with Crippen molar-refractivity contribution in [3.8, 4) is 6.07 Å². The highest BCUT2D eigenvalue weighted by atomic mass is 15.2. The van der Waals surface area contributed by atoms with Gasteiger partial charge in [-0.2, -0.15) is 5.26 Å². The first-order valence-electron chi connectivity index (χ1n) is 7.70. The van der Waals surface area contributed by atoms with E-state index >= 15 is 0 Å². The van der Waals surface area contributed by atoms with E-state index in [-0.39, 0.29) is 0 Å². The molecule has 1 aliphatic carbocycles. The first kappa shape index (κ1) is 13.5. The summed E-state index contributed by atoms with van der Waals surface area (Å²) in [6.07, 6.45) is 3.99. The Morgan fingerprint density at radius 3 is 2.85 bits per heavy atom. The van der Waals surface area contributed by atoms with Crippen molar-refractivity contribution in [1.82, 2.24) is 5.32 Å². The van der Waals surface area contributed by atoms with Gasteiger partial charge in [-0.25, -0.2) is 0 Å². The van der Waals surface area contributed by atoms with Crippen molar-refractivity contribution in [2.24, 2.45) is 5.92 Å². The normalized spacial score (nSPS) is 24.4. The molecule has 1 heterocycles. The molecule has 1 saturated carbocycles. The molecular formula is C17H23N3. The Bertz CT molecular complexity index is 530. The maximum atomic E-state index is 9.45. The van der Waals surface area contributed by atoms with Gasteiger partial charge in [0.2, 0.25) is 0 Å². The number of rotatable bonds is 4. The Kier molecular flexibility index (Phi) is 3.67. The third-order valence-electron chi connectivity index (χ3n) is 4.61. The molecule has 3 nitrogen and oxygen atoms in total. The van der Waals surface area contributed by atoms with Crippen molar-refractivity contribution in [2.75, 3.05) is 11.4 Å². The fourth-order valence-corrected chi connectivity index (χ4v) is 3.57. The van der Waals surface area contributed by atoms with Gasteiger partial charge in [0.1, 0.15) is 6.07 Å². The van der Waals surface area contributed by atoms with Crippen molar-refractivity contribution in [3.05, 3.63) is 29.3 Å². The van der Waals surface area contributed by atoms with E-state index in [1.807, 2.05) is 0 Å². The molecule has 20 heavy (non-hydrogen) atoms. The summed E-state index contributed by atoms with van der Waals surface area (Å²) in [7, 11) is 0. The SMILES string of the molecule is CC(C)NCc1ccc(N2CC3CCC2C3)c(C#N)c1. The minimum absolute atomic E-state index is 0.467. The van der Waals surface area contributed by atoms with Gasteiger partial charge in [0.05, 0.1) is 11.3 Å². The molecule has 2 unspecified atom stereocenters. The molecule has 0 aromatic heterocycles. The molecule has 0 radical (unpaired) electrons. The highest BCUT2D eigenvalue weighted by molar-refractivity contribution is 5.62. The van der Waals surface area contributed by atoms with Crippen molar-refractivity contribution in [2.45, 2.75) is 51.7 Å². The number of benzene rings is 1. The van der Waals surface area contributed by atoms with Crippen LogP contribution in [0.4, 0.5) is 5.69 Å². The average Bonchev–Trinajstić information content (AvgIpc) is 3.07. The van der Waals surface area contributed by atoms with E-state index in [4.69, 9.17) is 0 Å². The van der Waals surface area contributed by atoms with E-state index in [0.29, 0.717) is 12.1 Å². The van der Waals surface area contributed by atoms with Crippen molar-refractivity contribution in [1.29, 1.82) is 5.26 Å². The zero-order valence-corrected chi connectivity index (χ0v) is 12.4. The highest BCUT2D eigenvalue weighted by Gasteiger charge is 2.38. The van der Waals surface area contributed by atoms with Gasteiger partial charge >= 0.3 is 0 Å². The highest BCUT2D eigenvalue weighted by Crippen LogP contribution is 2.41. The molecule has 3 heteroatoms. The van der Waals surface area contributed by atoms with E-state index in [9.17, 15) is 5.26 Å². The second kappa shape index (κ2) is 5.46. The van der Waals surface area contributed by atoms with E-state index in [2.05, 4.69) is 48.3 Å². The summed E-state index contributed by atoms with van der Waals surface area (Å²) in [5.74, 6) is 0.855. The minimum Gasteiger partial charge on any atom is -0.367 e. The number of hydrogen-bond donors (Lipinski definition) is 1. The Balaban J connectivity index is 1.80. The van der Waals surface area contributed by atoms with Crippen LogP contribution in [0.15, 0.2) is 18.2 Å². The van der Waals surface area contributed by atoms with Gasteiger partial charge < -0.3 is 10.2 Å². The molecule has 3 rings (SSSR count).